The lowest BCUT2D eigenvalue weighted by atomic mass is 9.84. The topological polar surface area (TPSA) is 88.8 Å². The van der Waals surface area contributed by atoms with Crippen LogP contribution in [0, 0.1) is 24.5 Å². The molecule has 3 aromatic rings. The van der Waals surface area contributed by atoms with Crippen molar-refractivity contribution in [3.8, 4) is 11.5 Å². The van der Waals surface area contributed by atoms with Gasteiger partial charge in [-0.05, 0) is 42.7 Å². The van der Waals surface area contributed by atoms with Crippen molar-refractivity contribution in [2.75, 3.05) is 0 Å². The molecule has 1 aromatic heterocycles. The molecule has 1 unspecified atom stereocenters. The maximum absolute atomic E-state index is 15.0. The van der Waals surface area contributed by atoms with Crippen molar-refractivity contribution < 1.29 is 46.5 Å². The molecule has 1 heterocycles. The van der Waals surface area contributed by atoms with Crippen molar-refractivity contribution in [1.82, 2.24) is 4.57 Å². The Bertz CT molecular complexity index is 1260. The Morgan fingerprint density at radius 3 is 2.24 bits per heavy atom. The lowest BCUT2D eigenvalue weighted by molar-refractivity contribution is -0.274. The normalized spacial score (nSPS) is 13.6. The van der Waals surface area contributed by atoms with Gasteiger partial charge in [0.15, 0.2) is 17.4 Å². The van der Waals surface area contributed by atoms with Gasteiger partial charge in [0.2, 0.25) is 0 Å². The summed E-state index contributed by atoms with van der Waals surface area (Å²) in [6.45, 7) is 4.68. The Hall–Kier alpha value is -3.63. The molecule has 2 atom stereocenters. The number of aliphatic carboxylic acids is 1. The standard InChI is InChI=1S/C23H20F5NO5/c1-4-10(2)16(22(32)33)17-11(3)29(15-9-14(24)20(30)19(25)18(15)17)21(31)12-5-7-13(8-6-12)34-23(26,27)28/h5-10,16,30H,4H2,1-3H3,(H,32,33)/t10?,16-/m0/s1. The van der Waals surface area contributed by atoms with E-state index in [1.807, 2.05) is 0 Å². The minimum absolute atomic E-state index is 0.00721. The first-order valence-corrected chi connectivity index (χ1v) is 10.1. The molecule has 182 valence electrons. The third-order valence-electron chi connectivity index (χ3n) is 5.74. The summed E-state index contributed by atoms with van der Waals surface area (Å²) >= 11 is 0. The fourth-order valence-corrected chi connectivity index (χ4v) is 3.97. The van der Waals surface area contributed by atoms with Crippen molar-refractivity contribution in [3.63, 3.8) is 0 Å². The molecule has 0 fully saturated rings. The van der Waals surface area contributed by atoms with E-state index in [4.69, 9.17) is 0 Å². The second-order valence-electron chi connectivity index (χ2n) is 7.83. The van der Waals surface area contributed by atoms with E-state index in [0.717, 1.165) is 28.8 Å². The number of alkyl halides is 3. The summed E-state index contributed by atoms with van der Waals surface area (Å²) in [6.07, 6.45) is -4.56. The van der Waals surface area contributed by atoms with Crippen LogP contribution in [0.5, 0.6) is 11.5 Å². The number of nitrogens with zero attached hydrogens (tertiary/aromatic N) is 1. The molecule has 0 saturated carbocycles. The molecule has 6 nitrogen and oxygen atoms in total. The molecular formula is C23H20F5NO5. The van der Waals surface area contributed by atoms with Crippen molar-refractivity contribution in [3.05, 3.63) is 58.8 Å². The molecule has 0 bridgehead atoms. The van der Waals surface area contributed by atoms with Crippen molar-refractivity contribution >= 4 is 22.8 Å². The van der Waals surface area contributed by atoms with E-state index < -0.39 is 58.6 Å². The summed E-state index contributed by atoms with van der Waals surface area (Å²) in [5.74, 6) is -8.66. The van der Waals surface area contributed by atoms with Crippen LogP contribution >= 0.6 is 0 Å². The summed E-state index contributed by atoms with van der Waals surface area (Å²) in [4.78, 5) is 25.4. The van der Waals surface area contributed by atoms with Crippen LogP contribution in [0.3, 0.4) is 0 Å². The van der Waals surface area contributed by atoms with E-state index in [2.05, 4.69) is 4.74 Å². The average molecular weight is 485 g/mol. The number of halogens is 5. The van der Waals surface area contributed by atoms with E-state index in [9.17, 15) is 37.4 Å². The monoisotopic (exact) mass is 485 g/mol. The number of carboxylic acids is 1. The lowest BCUT2D eigenvalue weighted by Gasteiger charge is -2.20. The summed E-state index contributed by atoms with van der Waals surface area (Å²) in [5, 5.41) is 19.3. The number of aromatic hydroxyl groups is 1. The fourth-order valence-electron chi connectivity index (χ4n) is 3.97. The molecule has 0 radical (unpaired) electrons. The third-order valence-corrected chi connectivity index (χ3v) is 5.74. The minimum Gasteiger partial charge on any atom is -0.503 e. The number of hydrogen-bond acceptors (Lipinski definition) is 4. The highest BCUT2D eigenvalue weighted by atomic mass is 19.4. The van der Waals surface area contributed by atoms with Crippen LogP contribution in [0.1, 0.15) is 47.8 Å². The molecule has 0 amide bonds. The molecule has 11 heteroatoms. The van der Waals surface area contributed by atoms with Crippen molar-refractivity contribution in [2.24, 2.45) is 5.92 Å². The Morgan fingerprint density at radius 1 is 1.15 bits per heavy atom. The predicted octanol–water partition coefficient (Wildman–Crippen LogP) is 5.73. The molecule has 3 rings (SSSR count). The van der Waals surface area contributed by atoms with Gasteiger partial charge in [0.1, 0.15) is 5.75 Å². The maximum Gasteiger partial charge on any atom is 0.573 e. The number of carboxylic acid groups (broad SMARTS) is 1. The SMILES string of the molecule is CCC(C)[C@H](C(=O)O)c1c(C)n(C(=O)c2ccc(OC(F)(F)F)cc2)c2cc(F)c(O)c(F)c12. The number of rotatable bonds is 6. The molecule has 0 aliphatic heterocycles. The molecule has 0 spiro atoms. The van der Waals surface area contributed by atoms with Gasteiger partial charge in [-0.3, -0.25) is 14.2 Å². The lowest BCUT2D eigenvalue weighted by Crippen LogP contribution is -2.21. The number of carbonyl (C=O) groups is 2. The van der Waals surface area contributed by atoms with Gasteiger partial charge in [0.05, 0.1) is 11.4 Å². The van der Waals surface area contributed by atoms with Crippen LogP contribution < -0.4 is 4.74 Å². The van der Waals surface area contributed by atoms with Crippen LogP contribution in [0.2, 0.25) is 0 Å². The quantitative estimate of drug-likeness (QED) is 0.435. The van der Waals surface area contributed by atoms with Crippen LogP contribution in [-0.2, 0) is 4.79 Å². The van der Waals surface area contributed by atoms with E-state index in [0.29, 0.717) is 12.5 Å². The van der Waals surface area contributed by atoms with Gasteiger partial charge in [0, 0.05) is 22.7 Å². The molecule has 0 aliphatic carbocycles. The van der Waals surface area contributed by atoms with Crippen LogP contribution in [0.25, 0.3) is 10.9 Å². The van der Waals surface area contributed by atoms with E-state index in [-0.39, 0.29) is 22.3 Å². The number of carbonyl (C=O) groups excluding carboxylic acids is 1. The summed E-state index contributed by atoms with van der Waals surface area (Å²) < 4.78 is 71.2. The number of aromatic nitrogens is 1. The number of phenols is 1. The smallest absolute Gasteiger partial charge is 0.503 e. The van der Waals surface area contributed by atoms with Gasteiger partial charge in [-0.1, -0.05) is 20.3 Å². The average Bonchev–Trinajstić information content (AvgIpc) is 3.02. The van der Waals surface area contributed by atoms with Gasteiger partial charge in [-0.25, -0.2) is 8.78 Å². The van der Waals surface area contributed by atoms with Crippen molar-refractivity contribution in [2.45, 2.75) is 39.5 Å². The maximum atomic E-state index is 15.0. The van der Waals surface area contributed by atoms with Gasteiger partial charge in [0.25, 0.3) is 5.91 Å². The molecule has 0 aliphatic rings. The third kappa shape index (κ3) is 4.42. The van der Waals surface area contributed by atoms with Gasteiger partial charge < -0.3 is 14.9 Å². The largest absolute Gasteiger partial charge is 0.573 e. The first-order valence-electron chi connectivity index (χ1n) is 10.1. The zero-order valence-electron chi connectivity index (χ0n) is 18.2. The molecule has 2 aromatic carbocycles. The van der Waals surface area contributed by atoms with Crippen LogP contribution in [0.15, 0.2) is 30.3 Å². The van der Waals surface area contributed by atoms with E-state index in [1.54, 1.807) is 13.8 Å². The number of fused-ring (bicyclic) bond motifs is 1. The summed E-state index contributed by atoms with van der Waals surface area (Å²) in [6, 6.07) is 4.57. The second-order valence-corrected chi connectivity index (χ2v) is 7.83. The molecular weight excluding hydrogens is 465 g/mol. The highest BCUT2D eigenvalue weighted by molar-refractivity contribution is 6.05. The number of benzene rings is 2. The summed E-state index contributed by atoms with van der Waals surface area (Å²) in [7, 11) is 0. The van der Waals surface area contributed by atoms with Gasteiger partial charge in [-0.2, -0.15) is 0 Å². The van der Waals surface area contributed by atoms with Gasteiger partial charge in [-0.15, -0.1) is 13.2 Å². The van der Waals surface area contributed by atoms with Crippen molar-refractivity contribution in [1.29, 1.82) is 0 Å². The predicted molar refractivity (Wildman–Crippen MR) is 111 cm³/mol. The Morgan fingerprint density at radius 2 is 1.74 bits per heavy atom. The first kappa shape index (κ1) is 25.0. The zero-order chi connectivity index (χ0) is 25.5. The molecule has 34 heavy (non-hydrogen) atoms. The summed E-state index contributed by atoms with van der Waals surface area (Å²) in [5.41, 5.74) is -0.580. The number of ether oxygens (including phenoxy) is 1. The first-order chi connectivity index (χ1) is 15.8. The number of phenolic OH excluding ortho intramolecular Hbond substituents is 1. The number of hydrogen-bond donors (Lipinski definition) is 2. The highest BCUT2D eigenvalue weighted by Gasteiger charge is 2.35. The Balaban J connectivity index is 2.27. The molecule has 2 N–H and O–H groups in total. The van der Waals surface area contributed by atoms with Gasteiger partial charge >= 0.3 is 12.3 Å². The van der Waals surface area contributed by atoms with Crippen LogP contribution in [0.4, 0.5) is 22.0 Å². The van der Waals surface area contributed by atoms with E-state index >= 15 is 4.39 Å². The minimum atomic E-state index is -4.94. The second kappa shape index (κ2) is 8.96. The Kier molecular flexibility index (Phi) is 6.59. The van der Waals surface area contributed by atoms with Crippen LogP contribution in [-0.4, -0.2) is 33.0 Å². The zero-order valence-corrected chi connectivity index (χ0v) is 18.2. The molecule has 0 saturated heterocycles. The highest BCUT2D eigenvalue weighted by Crippen LogP contribution is 2.41. The van der Waals surface area contributed by atoms with E-state index in [1.165, 1.54) is 6.92 Å². The Labute approximate surface area is 190 Å². The fraction of sp³-hybridized carbons (Fsp3) is 0.304.